The first-order chi connectivity index (χ1) is 13.3. The van der Waals surface area contributed by atoms with E-state index in [4.69, 9.17) is 0 Å². The minimum Gasteiger partial charge on any atom is -0.468 e. The fourth-order valence-corrected chi connectivity index (χ4v) is 2.71. The monoisotopic (exact) mass is 532 g/mol. The molecule has 0 aliphatic rings. The first-order valence-electron chi connectivity index (χ1n) is 9.55. The predicted octanol–water partition coefficient (Wildman–Crippen LogP) is 3.88. The maximum atomic E-state index is 12.2. The molecule has 3 N–H and O–H groups in total. The molecule has 10 heteroatoms. The second-order valence-electron chi connectivity index (χ2n) is 6.64. The van der Waals surface area contributed by atoms with Gasteiger partial charge in [-0.05, 0) is 37.2 Å². The third-order valence-corrected chi connectivity index (χ3v) is 4.72. The van der Waals surface area contributed by atoms with Crippen LogP contribution in [0.25, 0.3) is 0 Å². The zero-order valence-corrected chi connectivity index (χ0v) is 19.5. The molecule has 0 spiro atoms. The molecule has 0 saturated carbocycles. The molecule has 6 nitrogen and oxygen atoms in total. The van der Waals surface area contributed by atoms with Gasteiger partial charge in [0.05, 0.1) is 6.54 Å². The van der Waals surface area contributed by atoms with Crippen LogP contribution < -0.4 is 15.4 Å². The van der Waals surface area contributed by atoms with E-state index in [2.05, 4.69) is 39.2 Å². The Labute approximate surface area is 187 Å². The fourth-order valence-electron chi connectivity index (χ4n) is 2.71. The number of guanidine groups is 1. The lowest BCUT2D eigenvalue weighted by Gasteiger charge is -2.32. The number of aromatic nitrogens is 1. The Kier molecular flexibility index (Phi) is 13.2. The summed E-state index contributed by atoms with van der Waals surface area (Å²) in [7, 11) is 0. The molecule has 0 amide bonds. The van der Waals surface area contributed by atoms with Gasteiger partial charge in [0.25, 0.3) is 0 Å². The minimum absolute atomic E-state index is 0. The lowest BCUT2D eigenvalue weighted by atomic mass is 9.79. The SMILES string of the molecule is CCNC(=NCc1ccc(OCC(F)(F)F)nc1)NCC(CC)(CC)CCO.I. The first-order valence-corrected chi connectivity index (χ1v) is 9.55. The number of rotatable bonds is 11. The van der Waals surface area contributed by atoms with Crippen LogP contribution in [-0.2, 0) is 6.54 Å². The number of nitrogens with one attached hydrogen (secondary N) is 2. The predicted molar refractivity (Wildman–Crippen MR) is 119 cm³/mol. The van der Waals surface area contributed by atoms with Crippen LogP contribution >= 0.6 is 24.0 Å². The van der Waals surface area contributed by atoms with E-state index in [1.807, 2.05) is 6.92 Å². The number of halogens is 4. The zero-order valence-electron chi connectivity index (χ0n) is 17.2. The topological polar surface area (TPSA) is 78.8 Å². The Morgan fingerprint density at radius 3 is 2.34 bits per heavy atom. The summed E-state index contributed by atoms with van der Waals surface area (Å²) in [5, 5.41) is 15.8. The molecule has 168 valence electrons. The van der Waals surface area contributed by atoms with Gasteiger partial charge >= 0.3 is 6.18 Å². The first kappa shape index (κ1) is 27.7. The Bertz CT molecular complexity index is 594. The number of aliphatic hydroxyl groups excluding tert-OH is 1. The quantitative estimate of drug-likeness (QED) is 0.229. The third-order valence-electron chi connectivity index (χ3n) is 4.72. The molecule has 0 aromatic carbocycles. The summed E-state index contributed by atoms with van der Waals surface area (Å²) in [5.74, 6) is 0.568. The highest BCUT2D eigenvalue weighted by Gasteiger charge is 2.28. The van der Waals surface area contributed by atoms with Crippen molar-refractivity contribution in [1.82, 2.24) is 15.6 Å². The number of ether oxygens (including phenoxy) is 1. The van der Waals surface area contributed by atoms with Gasteiger partial charge in [0.15, 0.2) is 12.6 Å². The highest BCUT2D eigenvalue weighted by atomic mass is 127. The van der Waals surface area contributed by atoms with E-state index in [-0.39, 0.29) is 41.9 Å². The van der Waals surface area contributed by atoms with E-state index < -0.39 is 12.8 Å². The summed E-state index contributed by atoms with van der Waals surface area (Å²) in [6, 6.07) is 3.04. The molecule has 1 aromatic rings. The van der Waals surface area contributed by atoms with Crippen molar-refractivity contribution in [1.29, 1.82) is 0 Å². The van der Waals surface area contributed by atoms with Gasteiger partial charge < -0.3 is 20.5 Å². The van der Waals surface area contributed by atoms with E-state index in [9.17, 15) is 18.3 Å². The van der Waals surface area contributed by atoms with Crippen LogP contribution in [0.4, 0.5) is 13.2 Å². The summed E-state index contributed by atoms with van der Waals surface area (Å²) in [4.78, 5) is 8.38. The largest absolute Gasteiger partial charge is 0.468 e. The van der Waals surface area contributed by atoms with E-state index in [1.165, 1.54) is 12.3 Å². The summed E-state index contributed by atoms with van der Waals surface area (Å²) in [5.41, 5.74) is 0.758. The second-order valence-corrected chi connectivity index (χ2v) is 6.64. The molecule has 1 rings (SSSR count). The van der Waals surface area contributed by atoms with E-state index in [1.54, 1.807) is 6.07 Å². The minimum atomic E-state index is -4.39. The Morgan fingerprint density at radius 1 is 1.17 bits per heavy atom. The third kappa shape index (κ3) is 10.9. The van der Waals surface area contributed by atoms with Crippen molar-refractivity contribution in [3.8, 4) is 5.88 Å². The van der Waals surface area contributed by atoms with Crippen molar-refractivity contribution in [2.75, 3.05) is 26.3 Å². The van der Waals surface area contributed by atoms with Crippen molar-refractivity contribution >= 4 is 29.9 Å². The highest BCUT2D eigenvalue weighted by molar-refractivity contribution is 14.0. The van der Waals surface area contributed by atoms with Crippen LogP contribution in [0.3, 0.4) is 0 Å². The lowest BCUT2D eigenvalue weighted by Crippen LogP contribution is -2.43. The number of nitrogens with zero attached hydrogens (tertiary/aromatic N) is 2. The molecule has 0 aliphatic carbocycles. The van der Waals surface area contributed by atoms with Gasteiger partial charge in [-0.3, -0.25) is 0 Å². The van der Waals surface area contributed by atoms with Crippen LogP contribution in [0.15, 0.2) is 23.3 Å². The maximum absolute atomic E-state index is 12.2. The van der Waals surface area contributed by atoms with Gasteiger partial charge in [0.2, 0.25) is 5.88 Å². The van der Waals surface area contributed by atoms with E-state index >= 15 is 0 Å². The van der Waals surface area contributed by atoms with Crippen LogP contribution in [0.5, 0.6) is 5.88 Å². The smallest absolute Gasteiger partial charge is 0.422 e. The molecular formula is C19H32F3IN4O2. The van der Waals surface area contributed by atoms with Gasteiger partial charge in [0.1, 0.15) is 0 Å². The average Bonchev–Trinajstić information content (AvgIpc) is 2.67. The number of alkyl halides is 3. The van der Waals surface area contributed by atoms with E-state index in [0.29, 0.717) is 25.6 Å². The average molecular weight is 532 g/mol. The van der Waals surface area contributed by atoms with Crippen molar-refractivity contribution in [3.63, 3.8) is 0 Å². The van der Waals surface area contributed by atoms with Crippen LogP contribution in [-0.4, -0.2) is 48.5 Å². The molecule has 0 unspecified atom stereocenters. The van der Waals surface area contributed by atoms with Gasteiger partial charge in [0, 0.05) is 32.0 Å². The summed E-state index contributed by atoms with van der Waals surface area (Å²) < 4.78 is 41.1. The Hall–Kier alpha value is -1.30. The van der Waals surface area contributed by atoms with E-state index in [0.717, 1.165) is 24.8 Å². The number of hydrogen-bond donors (Lipinski definition) is 3. The second kappa shape index (κ2) is 13.8. The molecule has 29 heavy (non-hydrogen) atoms. The molecule has 0 fully saturated rings. The van der Waals surface area contributed by atoms with Gasteiger partial charge in [-0.2, -0.15) is 13.2 Å². The van der Waals surface area contributed by atoms with Crippen LogP contribution in [0.1, 0.15) is 45.6 Å². The van der Waals surface area contributed by atoms with Gasteiger partial charge in [-0.15, -0.1) is 24.0 Å². The number of pyridine rings is 1. The fraction of sp³-hybridized carbons (Fsp3) is 0.684. The van der Waals surface area contributed by atoms with Gasteiger partial charge in [-0.1, -0.05) is 19.9 Å². The van der Waals surface area contributed by atoms with Crippen molar-refractivity contribution in [3.05, 3.63) is 23.9 Å². The lowest BCUT2D eigenvalue weighted by molar-refractivity contribution is -0.154. The zero-order chi connectivity index (χ0) is 21.0. The summed E-state index contributed by atoms with van der Waals surface area (Å²) >= 11 is 0. The Morgan fingerprint density at radius 2 is 1.86 bits per heavy atom. The van der Waals surface area contributed by atoms with Crippen LogP contribution in [0, 0.1) is 5.41 Å². The summed E-state index contributed by atoms with van der Waals surface area (Å²) in [6.07, 6.45) is -0.332. The molecule has 0 saturated heterocycles. The molecule has 0 atom stereocenters. The standard InChI is InChI=1S/C19H31F3N4O2.HI/c1-4-18(5-2,9-10-27)13-26-17(23-6-3)25-12-15-7-8-16(24-11-15)28-14-19(20,21)22;/h7-8,11,27H,4-6,9-10,12-14H2,1-3H3,(H2,23,25,26);1H. The van der Waals surface area contributed by atoms with Crippen molar-refractivity contribution < 1.29 is 23.0 Å². The van der Waals surface area contributed by atoms with Crippen molar-refractivity contribution in [2.45, 2.75) is 52.8 Å². The maximum Gasteiger partial charge on any atom is 0.422 e. The number of aliphatic imine (C=N–C) groups is 1. The molecule has 0 bridgehead atoms. The normalized spacial score (nSPS) is 12.3. The molecule has 0 aliphatic heterocycles. The number of hydrogen-bond acceptors (Lipinski definition) is 4. The summed E-state index contributed by atoms with van der Waals surface area (Å²) in [6.45, 7) is 6.67. The highest BCUT2D eigenvalue weighted by Crippen LogP contribution is 2.29. The molecular weight excluding hydrogens is 500 g/mol. The Balaban J connectivity index is 0.00000784. The molecule has 1 aromatic heterocycles. The number of aliphatic hydroxyl groups is 1. The van der Waals surface area contributed by atoms with Crippen molar-refractivity contribution in [2.24, 2.45) is 10.4 Å². The molecule has 0 radical (unpaired) electrons. The molecule has 1 heterocycles. The van der Waals surface area contributed by atoms with Gasteiger partial charge in [-0.25, -0.2) is 9.98 Å². The van der Waals surface area contributed by atoms with Crippen LogP contribution in [0.2, 0.25) is 0 Å².